The Kier molecular flexibility index (Phi) is 22.5. The van der Waals surface area contributed by atoms with E-state index in [9.17, 15) is 91.7 Å². The number of benzene rings is 4. The first-order valence-electron chi connectivity index (χ1n) is 29.9. The number of rotatable bonds is 20. The average Bonchev–Trinajstić information content (AvgIpc) is 1.55. The number of hydrogen-bond donors (Lipinski definition) is 4. The molecule has 2 heterocycles. The van der Waals surface area contributed by atoms with Gasteiger partial charge in [-0.2, -0.15) is 52.7 Å². The SMILES string of the molecule is CC(C)(C)OC(=O)[C@@H](CC1CC1)[C@@H](CCC(F)(F)F)C(=O)N[C@@H]1N=C(c2cccc(C(F)(F)F)c2)c2cccc(CO)c2CC1=O.CC(C)(C)OC(=O)[C@@H](CC1CC1)[C@@H](CCC(F)(F)F)C(=O)N[C@H]1N=C(c2cccc(C(F)(F)F)c2)c2cccc(CO)c2CC1=O. The second-order valence-corrected chi connectivity index (χ2v) is 25.6. The van der Waals surface area contributed by atoms with Crippen LogP contribution in [-0.4, -0.2) is 92.8 Å². The minimum atomic E-state index is -4.70. The van der Waals surface area contributed by atoms with Gasteiger partial charge in [-0.1, -0.05) is 86.3 Å². The van der Waals surface area contributed by atoms with Crippen LogP contribution >= 0.6 is 0 Å². The third kappa shape index (κ3) is 20.3. The highest BCUT2D eigenvalue weighted by Gasteiger charge is 2.46. The summed E-state index contributed by atoms with van der Waals surface area (Å²) in [5.74, 6) is -10.6. The number of alkyl halides is 12. The van der Waals surface area contributed by atoms with Crippen molar-refractivity contribution in [2.24, 2.45) is 45.5 Å². The van der Waals surface area contributed by atoms with Gasteiger partial charge in [0.05, 0.1) is 59.4 Å². The van der Waals surface area contributed by atoms with Crippen molar-refractivity contribution in [1.82, 2.24) is 10.6 Å². The summed E-state index contributed by atoms with van der Waals surface area (Å²) in [6.45, 7) is 8.57. The first kappa shape index (κ1) is 72.0. The summed E-state index contributed by atoms with van der Waals surface area (Å²) in [6, 6.07) is 17.6. The highest BCUT2D eigenvalue weighted by molar-refractivity contribution is 6.17. The van der Waals surface area contributed by atoms with Gasteiger partial charge >= 0.3 is 36.6 Å². The number of aliphatic hydroxyl groups is 2. The number of amides is 2. The van der Waals surface area contributed by atoms with Crippen LogP contribution in [0.5, 0.6) is 0 Å². The van der Waals surface area contributed by atoms with Crippen LogP contribution in [0.2, 0.25) is 0 Å². The number of carbonyl (C=O) groups excluding carboxylic acids is 6. The lowest BCUT2D eigenvalue weighted by Gasteiger charge is -2.29. The zero-order valence-corrected chi connectivity index (χ0v) is 51.2. The molecule has 2 amide bonds. The van der Waals surface area contributed by atoms with Gasteiger partial charge in [-0.05, 0) is 126 Å². The summed E-state index contributed by atoms with van der Waals surface area (Å²) in [6.07, 6.45) is -23.9. The number of esters is 2. The van der Waals surface area contributed by atoms with Gasteiger partial charge in [0.1, 0.15) is 11.2 Å². The Morgan fingerprint density at radius 1 is 0.511 bits per heavy atom. The number of fused-ring (bicyclic) bond motifs is 2. The number of carbonyl (C=O) groups is 6. The van der Waals surface area contributed by atoms with Crippen LogP contribution in [0.25, 0.3) is 0 Å². The van der Waals surface area contributed by atoms with Crippen LogP contribution in [0.15, 0.2) is 94.9 Å². The maximum atomic E-state index is 13.8. The predicted octanol–water partition coefficient (Wildman–Crippen LogP) is 12.6. The number of nitrogens with zero attached hydrogens (tertiary/aromatic N) is 2. The lowest BCUT2D eigenvalue weighted by molar-refractivity contribution is -0.167. The normalized spacial score (nSPS) is 18.6. The second-order valence-electron chi connectivity index (χ2n) is 25.6. The Balaban J connectivity index is 0.000000261. The van der Waals surface area contributed by atoms with Gasteiger partial charge in [-0.25, -0.2) is 0 Å². The monoisotopic (exact) mass is 1310 g/mol. The van der Waals surface area contributed by atoms with Gasteiger partial charge in [-0.15, -0.1) is 0 Å². The Bertz CT molecular complexity index is 3200. The smallest absolute Gasteiger partial charge is 0.416 e. The summed E-state index contributed by atoms with van der Waals surface area (Å²) >= 11 is 0. The first-order valence-corrected chi connectivity index (χ1v) is 29.9. The minimum Gasteiger partial charge on any atom is -0.460 e. The fraction of sp³-hybridized carbons (Fsp3) is 0.515. The van der Waals surface area contributed by atoms with E-state index < -0.39 is 157 Å². The summed E-state index contributed by atoms with van der Waals surface area (Å²) in [4.78, 5) is 90.1. The Morgan fingerprint density at radius 2 is 0.848 bits per heavy atom. The van der Waals surface area contributed by atoms with Crippen molar-refractivity contribution in [2.45, 2.75) is 180 Å². The van der Waals surface area contributed by atoms with E-state index in [1.807, 2.05) is 0 Å². The number of ether oxygens (including phenoxy) is 2. The predicted molar refractivity (Wildman–Crippen MR) is 311 cm³/mol. The molecule has 26 heteroatoms. The molecule has 4 aliphatic rings. The van der Waals surface area contributed by atoms with Gasteiger partial charge in [0, 0.05) is 47.9 Å². The summed E-state index contributed by atoms with van der Waals surface area (Å²) in [5, 5.41) is 24.7. The average molecular weight is 1310 g/mol. The molecule has 4 aromatic rings. The summed E-state index contributed by atoms with van der Waals surface area (Å²) in [5.41, 5.74) is -2.46. The molecule has 2 aliphatic carbocycles. The van der Waals surface area contributed by atoms with E-state index >= 15 is 0 Å². The maximum absolute atomic E-state index is 13.8. The summed E-state index contributed by atoms with van der Waals surface area (Å²) in [7, 11) is 0. The van der Waals surface area contributed by atoms with Gasteiger partial charge < -0.3 is 30.3 Å². The molecule has 0 saturated heterocycles. The Morgan fingerprint density at radius 3 is 1.14 bits per heavy atom. The zero-order valence-electron chi connectivity index (χ0n) is 51.2. The topological polar surface area (TPSA) is 210 Å². The van der Waals surface area contributed by atoms with Gasteiger partial charge in [-0.3, -0.25) is 38.8 Å². The third-order valence-corrected chi connectivity index (χ3v) is 15.8. The molecule has 500 valence electrons. The standard InChI is InChI=1S/2C33H36F6N2O5/c2*1-31(2,3)46-30(45)25(14-18-10-11-18)23(12-13-32(34,35)36)29(44)41-28-26(43)16-24-20(17-42)7-5-9-22(24)27(40-28)19-6-4-8-21(15-19)33(37,38)39/h2*4-9,15,18,23,25,28,42H,10-14,16-17H2,1-3H3,(H,41,44)/t23-,25+,28+;23-,25+,28-/m11/s1. The van der Waals surface area contributed by atoms with Gasteiger partial charge in [0.15, 0.2) is 23.9 Å². The molecule has 8 rings (SSSR count). The molecule has 4 aromatic carbocycles. The molecule has 0 aromatic heterocycles. The van der Waals surface area contributed by atoms with Crippen LogP contribution in [-0.2, 0) is 76.6 Å². The summed E-state index contributed by atoms with van der Waals surface area (Å²) < 4.78 is 173. The number of halogens is 12. The molecule has 2 aliphatic heterocycles. The van der Waals surface area contributed by atoms with Crippen molar-refractivity contribution in [3.63, 3.8) is 0 Å². The lowest BCUT2D eigenvalue weighted by Crippen LogP contribution is -2.47. The van der Waals surface area contributed by atoms with E-state index in [1.165, 1.54) is 48.5 Å². The van der Waals surface area contributed by atoms with Crippen LogP contribution < -0.4 is 10.6 Å². The highest BCUT2D eigenvalue weighted by atomic mass is 19.4. The first-order chi connectivity index (χ1) is 42.7. The van der Waals surface area contributed by atoms with Crippen molar-refractivity contribution < 1.29 is 101 Å². The van der Waals surface area contributed by atoms with Crippen LogP contribution in [0.4, 0.5) is 52.7 Å². The molecule has 2 fully saturated rings. The lowest BCUT2D eigenvalue weighted by atomic mass is 9.83. The number of aliphatic imine (C=N–C) groups is 2. The number of ketones is 2. The third-order valence-electron chi connectivity index (χ3n) is 15.8. The Labute approximate surface area is 523 Å². The number of Topliss-reactive ketones (excluding diaryl/α,β-unsaturated/α-hetero) is 2. The van der Waals surface area contributed by atoms with Crippen molar-refractivity contribution in [2.75, 3.05) is 0 Å². The van der Waals surface area contributed by atoms with Crippen LogP contribution in [0.3, 0.4) is 0 Å². The van der Waals surface area contributed by atoms with Crippen LogP contribution in [0.1, 0.15) is 161 Å². The second kappa shape index (κ2) is 28.8. The van der Waals surface area contributed by atoms with E-state index in [4.69, 9.17) is 9.47 Å². The molecule has 2 saturated carbocycles. The van der Waals surface area contributed by atoms with E-state index in [-0.39, 0.29) is 82.3 Å². The zero-order chi connectivity index (χ0) is 68.1. The van der Waals surface area contributed by atoms with Crippen molar-refractivity contribution in [3.8, 4) is 0 Å². The fourth-order valence-electron chi connectivity index (χ4n) is 11.1. The molecule has 0 unspecified atom stereocenters. The Hall–Kier alpha value is -7.48. The van der Waals surface area contributed by atoms with Crippen LogP contribution in [0, 0.1) is 35.5 Å². The molecular formula is C66H72F12N4O10. The molecule has 0 bridgehead atoms. The molecule has 14 nitrogen and oxygen atoms in total. The van der Waals surface area contributed by atoms with Gasteiger partial charge in [0.25, 0.3) is 0 Å². The fourth-order valence-corrected chi connectivity index (χ4v) is 11.1. The molecule has 0 radical (unpaired) electrons. The van der Waals surface area contributed by atoms with E-state index in [0.717, 1.165) is 62.1 Å². The quantitative estimate of drug-likeness (QED) is 0.0486. The molecule has 6 atom stereocenters. The van der Waals surface area contributed by atoms with E-state index in [0.29, 0.717) is 11.1 Å². The van der Waals surface area contributed by atoms with E-state index in [2.05, 4.69) is 20.6 Å². The molecular weight excluding hydrogens is 1240 g/mol. The number of nitrogens with one attached hydrogen (secondary N) is 2. The number of hydrogen-bond acceptors (Lipinski definition) is 12. The molecule has 0 spiro atoms. The largest absolute Gasteiger partial charge is 0.460 e. The van der Waals surface area contributed by atoms with Gasteiger partial charge in [0.2, 0.25) is 11.8 Å². The van der Waals surface area contributed by atoms with Crippen molar-refractivity contribution in [3.05, 3.63) is 141 Å². The molecule has 4 N–H and O–H groups in total. The van der Waals surface area contributed by atoms with Crippen molar-refractivity contribution in [1.29, 1.82) is 0 Å². The maximum Gasteiger partial charge on any atom is 0.416 e. The molecule has 92 heavy (non-hydrogen) atoms. The van der Waals surface area contributed by atoms with E-state index in [1.54, 1.807) is 41.5 Å². The minimum absolute atomic E-state index is 0.0233. The van der Waals surface area contributed by atoms with Crippen molar-refractivity contribution >= 4 is 46.7 Å². The number of aliphatic hydroxyl groups excluding tert-OH is 2. The highest BCUT2D eigenvalue weighted by Crippen LogP contribution is 2.43.